The molecule has 0 saturated carbocycles. The van der Waals surface area contributed by atoms with Crippen LogP contribution in [-0.2, 0) is 27.5 Å². The lowest BCUT2D eigenvalue weighted by Gasteiger charge is -2.55. The molecule has 4 amide bonds. The summed E-state index contributed by atoms with van der Waals surface area (Å²) < 4.78 is 19.2. The summed E-state index contributed by atoms with van der Waals surface area (Å²) in [7, 11) is 0. The Kier molecular flexibility index (Phi) is 9.89. The van der Waals surface area contributed by atoms with Crippen LogP contribution in [0.3, 0.4) is 0 Å². The highest BCUT2D eigenvalue weighted by Gasteiger charge is 2.50. The molecule has 0 radical (unpaired) electrons. The van der Waals surface area contributed by atoms with Gasteiger partial charge in [-0.25, -0.2) is 19.2 Å². The van der Waals surface area contributed by atoms with E-state index in [1.807, 2.05) is 44.2 Å². The number of urea groups is 1. The molecule has 0 spiro atoms. The van der Waals surface area contributed by atoms with Crippen molar-refractivity contribution >= 4 is 17.8 Å². The molecule has 9 nitrogen and oxygen atoms in total. The largest absolute Gasteiger partial charge is 0.375 e. The number of carbonyl (C=O) groups is 3. The summed E-state index contributed by atoms with van der Waals surface area (Å²) in [6, 6.07) is 14.9. The SMILES string of the molecule is CCCC[C@H]1C(=O)N(CCOCc2cccc(F)c2)C[C@H]2N1C(=O)CN(CC)N2C(=O)NCc1ccccc1. The maximum atomic E-state index is 13.6. The second-order valence-electron chi connectivity index (χ2n) is 9.88. The van der Waals surface area contributed by atoms with E-state index in [9.17, 15) is 18.8 Å². The number of benzene rings is 2. The highest BCUT2D eigenvalue weighted by Crippen LogP contribution is 2.28. The third-order valence-corrected chi connectivity index (χ3v) is 7.18. The molecule has 210 valence electrons. The molecule has 2 atom stereocenters. The van der Waals surface area contributed by atoms with E-state index in [0.717, 1.165) is 18.4 Å². The van der Waals surface area contributed by atoms with Gasteiger partial charge in [0.25, 0.3) is 0 Å². The van der Waals surface area contributed by atoms with Crippen molar-refractivity contribution in [3.63, 3.8) is 0 Å². The summed E-state index contributed by atoms with van der Waals surface area (Å²) in [6.45, 7) is 5.78. The quantitative estimate of drug-likeness (QED) is 0.443. The van der Waals surface area contributed by atoms with Crippen LogP contribution in [-0.4, -0.2) is 82.7 Å². The third-order valence-electron chi connectivity index (χ3n) is 7.18. The van der Waals surface area contributed by atoms with Crippen LogP contribution < -0.4 is 5.32 Å². The number of piperazine rings is 1. The fourth-order valence-electron chi connectivity index (χ4n) is 5.19. The Morgan fingerprint density at radius 2 is 1.85 bits per heavy atom. The number of hydrogen-bond donors (Lipinski definition) is 1. The standard InChI is InChI=1S/C29H38FN5O4/c1-3-5-14-25-28(37)32(15-16-39-21-23-12-9-13-24(30)17-23)19-26-34(25)27(36)20-33(4-2)35(26)29(38)31-18-22-10-7-6-8-11-22/h6-13,17,25-26H,3-5,14-16,18-21H2,1-2H3,(H,31,38)/t25-,26-/m0/s1. The summed E-state index contributed by atoms with van der Waals surface area (Å²) in [4.78, 5) is 43.7. The number of nitrogens with one attached hydrogen (secondary N) is 1. The molecule has 2 aliphatic rings. The Hall–Kier alpha value is -3.50. The van der Waals surface area contributed by atoms with Crippen molar-refractivity contribution < 1.29 is 23.5 Å². The van der Waals surface area contributed by atoms with Gasteiger partial charge in [-0.05, 0) is 29.7 Å². The van der Waals surface area contributed by atoms with Gasteiger partial charge in [-0.15, -0.1) is 0 Å². The van der Waals surface area contributed by atoms with Crippen LogP contribution in [0, 0.1) is 5.82 Å². The van der Waals surface area contributed by atoms with Crippen molar-refractivity contribution in [3.8, 4) is 0 Å². The fraction of sp³-hybridized carbons (Fsp3) is 0.483. The van der Waals surface area contributed by atoms with Crippen LogP contribution in [0.15, 0.2) is 54.6 Å². The first-order valence-corrected chi connectivity index (χ1v) is 13.7. The zero-order valence-electron chi connectivity index (χ0n) is 22.7. The van der Waals surface area contributed by atoms with Gasteiger partial charge < -0.3 is 19.9 Å². The number of ether oxygens (including phenoxy) is 1. The van der Waals surface area contributed by atoms with Crippen LogP contribution in [0.4, 0.5) is 9.18 Å². The van der Waals surface area contributed by atoms with Crippen LogP contribution in [0.1, 0.15) is 44.2 Å². The highest BCUT2D eigenvalue weighted by molar-refractivity contribution is 5.91. The lowest BCUT2D eigenvalue weighted by molar-refractivity contribution is -0.190. The molecule has 2 aliphatic heterocycles. The maximum absolute atomic E-state index is 13.6. The van der Waals surface area contributed by atoms with Gasteiger partial charge in [-0.1, -0.05) is 69.2 Å². The predicted molar refractivity (Wildman–Crippen MR) is 144 cm³/mol. The summed E-state index contributed by atoms with van der Waals surface area (Å²) >= 11 is 0. The van der Waals surface area contributed by atoms with E-state index >= 15 is 0 Å². The Morgan fingerprint density at radius 3 is 2.56 bits per heavy atom. The number of rotatable bonds is 11. The summed E-state index contributed by atoms with van der Waals surface area (Å²) in [5, 5.41) is 6.34. The lowest BCUT2D eigenvalue weighted by Crippen LogP contribution is -2.76. The second-order valence-corrected chi connectivity index (χ2v) is 9.88. The zero-order valence-corrected chi connectivity index (χ0v) is 22.7. The minimum Gasteiger partial charge on any atom is -0.375 e. The first kappa shape index (κ1) is 28.5. The molecular formula is C29H38FN5O4. The van der Waals surface area contributed by atoms with Crippen LogP contribution in [0.2, 0.25) is 0 Å². The van der Waals surface area contributed by atoms with E-state index in [2.05, 4.69) is 5.32 Å². The first-order valence-electron chi connectivity index (χ1n) is 13.7. The molecule has 0 unspecified atom stereocenters. The van der Waals surface area contributed by atoms with Gasteiger partial charge in [0.05, 0.1) is 26.3 Å². The molecule has 0 aromatic heterocycles. The van der Waals surface area contributed by atoms with Gasteiger partial charge in [0.2, 0.25) is 11.8 Å². The van der Waals surface area contributed by atoms with Crippen molar-refractivity contribution in [2.24, 2.45) is 0 Å². The number of carbonyl (C=O) groups excluding carboxylic acids is 3. The minimum absolute atomic E-state index is 0.0401. The molecule has 2 aromatic carbocycles. The molecule has 2 saturated heterocycles. The number of halogens is 1. The number of hydrazine groups is 1. The van der Waals surface area contributed by atoms with Gasteiger partial charge >= 0.3 is 6.03 Å². The topological polar surface area (TPSA) is 85.4 Å². The smallest absolute Gasteiger partial charge is 0.334 e. The van der Waals surface area contributed by atoms with E-state index in [0.29, 0.717) is 31.6 Å². The molecule has 1 N–H and O–H groups in total. The average Bonchev–Trinajstić information content (AvgIpc) is 2.94. The molecule has 0 aliphatic carbocycles. The van der Waals surface area contributed by atoms with Gasteiger partial charge in [0.15, 0.2) is 0 Å². The Morgan fingerprint density at radius 1 is 1.08 bits per heavy atom. The summed E-state index contributed by atoms with van der Waals surface area (Å²) in [5.41, 5.74) is 1.68. The molecule has 2 fully saturated rings. The van der Waals surface area contributed by atoms with E-state index in [-0.39, 0.29) is 50.0 Å². The second kappa shape index (κ2) is 13.5. The fourth-order valence-corrected chi connectivity index (χ4v) is 5.19. The molecule has 4 rings (SSSR count). The van der Waals surface area contributed by atoms with Crippen molar-refractivity contribution in [1.82, 2.24) is 25.1 Å². The number of amides is 4. The first-order chi connectivity index (χ1) is 18.9. The number of unbranched alkanes of at least 4 members (excludes halogenated alkanes) is 1. The highest BCUT2D eigenvalue weighted by atomic mass is 19.1. The van der Waals surface area contributed by atoms with Crippen molar-refractivity contribution in [2.45, 2.75) is 58.5 Å². The van der Waals surface area contributed by atoms with Crippen LogP contribution >= 0.6 is 0 Å². The van der Waals surface area contributed by atoms with E-state index in [4.69, 9.17) is 4.74 Å². The maximum Gasteiger partial charge on any atom is 0.334 e. The van der Waals surface area contributed by atoms with Crippen molar-refractivity contribution in [2.75, 3.05) is 32.8 Å². The summed E-state index contributed by atoms with van der Waals surface area (Å²) in [6.07, 6.45) is 1.58. The van der Waals surface area contributed by atoms with Crippen LogP contribution in [0.25, 0.3) is 0 Å². The molecule has 2 heterocycles. The number of fused-ring (bicyclic) bond motifs is 1. The summed E-state index contributed by atoms with van der Waals surface area (Å²) in [5.74, 6) is -0.600. The van der Waals surface area contributed by atoms with E-state index < -0.39 is 12.2 Å². The van der Waals surface area contributed by atoms with Gasteiger partial charge in [0, 0.05) is 19.6 Å². The molecule has 10 heteroatoms. The molecule has 39 heavy (non-hydrogen) atoms. The molecular weight excluding hydrogens is 501 g/mol. The van der Waals surface area contributed by atoms with Gasteiger partial charge in [0.1, 0.15) is 18.0 Å². The van der Waals surface area contributed by atoms with E-state index in [1.165, 1.54) is 12.1 Å². The zero-order chi connectivity index (χ0) is 27.8. The molecule has 0 bridgehead atoms. The lowest BCUT2D eigenvalue weighted by atomic mass is 10.0. The normalized spacial score (nSPS) is 19.8. The monoisotopic (exact) mass is 539 g/mol. The average molecular weight is 540 g/mol. The number of hydrogen-bond acceptors (Lipinski definition) is 5. The Balaban J connectivity index is 1.50. The van der Waals surface area contributed by atoms with Crippen LogP contribution in [0.5, 0.6) is 0 Å². The third kappa shape index (κ3) is 6.93. The minimum atomic E-state index is -0.636. The predicted octanol–water partition coefficient (Wildman–Crippen LogP) is 3.36. The van der Waals surface area contributed by atoms with Gasteiger partial charge in [-0.2, -0.15) is 0 Å². The van der Waals surface area contributed by atoms with E-state index in [1.54, 1.807) is 32.0 Å². The number of nitrogens with zero attached hydrogens (tertiary/aromatic N) is 4. The Labute approximate surface area is 229 Å². The number of likely N-dealkylation sites (N-methyl/N-ethyl adjacent to an activating group) is 1. The van der Waals surface area contributed by atoms with Gasteiger partial charge in [-0.3, -0.25) is 9.59 Å². The van der Waals surface area contributed by atoms with Crippen molar-refractivity contribution in [1.29, 1.82) is 0 Å². The van der Waals surface area contributed by atoms with Crippen molar-refractivity contribution in [3.05, 3.63) is 71.5 Å². The Bertz CT molecular complexity index is 1130. The molecule has 2 aromatic rings.